The van der Waals surface area contributed by atoms with Gasteiger partial charge in [-0.15, -0.1) is 0 Å². The van der Waals surface area contributed by atoms with Gasteiger partial charge < -0.3 is 19.0 Å². The van der Waals surface area contributed by atoms with Gasteiger partial charge >= 0.3 is 0 Å². The molecule has 6 nitrogen and oxygen atoms in total. The molecule has 0 saturated carbocycles. The molecule has 0 radical (unpaired) electrons. The second-order valence-corrected chi connectivity index (χ2v) is 7.72. The first-order valence-electron chi connectivity index (χ1n) is 10.1. The molecule has 0 aliphatic carbocycles. The molecule has 0 aliphatic heterocycles. The van der Waals surface area contributed by atoms with Crippen LogP contribution in [-0.4, -0.2) is 19.9 Å². The summed E-state index contributed by atoms with van der Waals surface area (Å²) in [5.41, 5.74) is 5.17. The first-order valence-corrected chi connectivity index (χ1v) is 10.1. The fourth-order valence-electron chi connectivity index (χ4n) is 3.88. The van der Waals surface area contributed by atoms with Crippen LogP contribution in [0, 0.1) is 13.8 Å². The van der Waals surface area contributed by atoms with E-state index in [0.29, 0.717) is 29.6 Å². The fraction of sp³-hybridized carbons (Fsp3) is 0.250. The summed E-state index contributed by atoms with van der Waals surface area (Å²) in [5, 5.41) is 2.99. The molecular formula is C24H26N4O2. The Labute approximate surface area is 176 Å². The average molecular weight is 402 g/mol. The number of fused-ring (bicyclic) bond motifs is 1. The van der Waals surface area contributed by atoms with Crippen LogP contribution in [0.4, 0.5) is 5.69 Å². The van der Waals surface area contributed by atoms with Crippen LogP contribution in [0.25, 0.3) is 5.65 Å². The fourth-order valence-corrected chi connectivity index (χ4v) is 3.88. The third kappa shape index (κ3) is 3.94. The monoisotopic (exact) mass is 402 g/mol. The van der Waals surface area contributed by atoms with Gasteiger partial charge in [0, 0.05) is 41.6 Å². The Morgan fingerprint density at radius 1 is 1.13 bits per heavy atom. The Morgan fingerprint density at radius 2 is 1.97 bits per heavy atom. The number of aryl methyl sites for hydroxylation is 1. The van der Waals surface area contributed by atoms with Gasteiger partial charge in [0.05, 0.1) is 11.3 Å². The first kappa shape index (κ1) is 19.8. The van der Waals surface area contributed by atoms with E-state index in [2.05, 4.69) is 28.7 Å². The van der Waals surface area contributed by atoms with Crippen LogP contribution in [0.3, 0.4) is 0 Å². The predicted octanol–water partition coefficient (Wildman–Crippen LogP) is 5.16. The van der Waals surface area contributed by atoms with Crippen molar-refractivity contribution >= 4 is 17.2 Å². The second-order valence-electron chi connectivity index (χ2n) is 7.72. The number of amides is 1. The topological polar surface area (TPSA) is 60.6 Å². The van der Waals surface area contributed by atoms with Crippen LogP contribution in [0.2, 0.25) is 0 Å². The Balaban J connectivity index is 1.45. The van der Waals surface area contributed by atoms with E-state index in [1.807, 2.05) is 79.2 Å². The molecule has 4 aromatic rings. The maximum atomic E-state index is 12.8. The van der Waals surface area contributed by atoms with E-state index in [9.17, 15) is 4.79 Å². The standard InChI is InChI=1S/C24H26N4O2/c1-16(2)28-17(3)12-22(18(28)4)24(29)26-19-8-7-9-21(13-19)30-15-20-14-27-11-6-5-10-23(27)25-20/h5-14,16H,15H2,1-4H3,(H,26,29). The van der Waals surface area contributed by atoms with E-state index >= 15 is 0 Å². The highest BCUT2D eigenvalue weighted by molar-refractivity contribution is 6.05. The van der Waals surface area contributed by atoms with Crippen LogP contribution >= 0.6 is 0 Å². The number of rotatable bonds is 6. The van der Waals surface area contributed by atoms with Crippen LogP contribution < -0.4 is 10.1 Å². The summed E-state index contributed by atoms with van der Waals surface area (Å²) in [7, 11) is 0. The maximum absolute atomic E-state index is 12.8. The highest BCUT2D eigenvalue weighted by Crippen LogP contribution is 2.23. The molecule has 3 aromatic heterocycles. The van der Waals surface area contributed by atoms with Gasteiger partial charge in [-0.1, -0.05) is 12.1 Å². The van der Waals surface area contributed by atoms with Crippen LogP contribution in [0.5, 0.6) is 5.75 Å². The van der Waals surface area contributed by atoms with E-state index < -0.39 is 0 Å². The molecule has 0 saturated heterocycles. The molecule has 0 unspecified atom stereocenters. The van der Waals surface area contributed by atoms with Crippen molar-refractivity contribution in [1.29, 1.82) is 0 Å². The molecule has 0 aliphatic rings. The molecule has 30 heavy (non-hydrogen) atoms. The van der Waals surface area contributed by atoms with Gasteiger partial charge in [0.2, 0.25) is 0 Å². The van der Waals surface area contributed by atoms with Gasteiger partial charge in [0.25, 0.3) is 5.91 Å². The minimum Gasteiger partial charge on any atom is -0.487 e. The molecule has 6 heteroatoms. The lowest BCUT2D eigenvalue weighted by Gasteiger charge is -2.14. The summed E-state index contributed by atoms with van der Waals surface area (Å²) in [5.74, 6) is 0.560. The molecule has 4 rings (SSSR count). The average Bonchev–Trinajstić information content (AvgIpc) is 3.26. The number of anilines is 1. The van der Waals surface area contributed by atoms with Gasteiger partial charge in [-0.2, -0.15) is 0 Å². The number of hydrogen-bond acceptors (Lipinski definition) is 3. The van der Waals surface area contributed by atoms with Crippen molar-refractivity contribution < 1.29 is 9.53 Å². The van der Waals surface area contributed by atoms with E-state index in [4.69, 9.17) is 4.74 Å². The molecule has 0 spiro atoms. The normalized spacial score (nSPS) is 11.2. The summed E-state index contributed by atoms with van der Waals surface area (Å²) < 4.78 is 10.0. The Morgan fingerprint density at radius 3 is 2.70 bits per heavy atom. The lowest BCUT2D eigenvalue weighted by Crippen LogP contribution is -2.14. The van der Waals surface area contributed by atoms with Crippen molar-refractivity contribution in [2.75, 3.05) is 5.32 Å². The van der Waals surface area contributed by atoms with Crippen molar-refractivity contribution in [3.05, 3.63) is 83.6 Å². The number of ether oxygens (including phenoxy) is 1. The van der Waals surface area contributed by atoms with Crippen molar-refractivity contribution in [2.24, 2.45) is 0 Å². The van der Waals surface area contributed by atoms with Crippen LogP contribution in [0.15, 0.2) is 60.9 Å². The number of nitrogens with one attached hydrogen (secondary N) is 1. The number of hydrogen-bond donors (Lipinski definition) is 1. The van der Waals surface area contributed by atoms with Gasteiger partial charge in [0.15, 0.2) is 0 Å². The van der Waals surface area contributed by atoms with Gasteiger partial charge in [-0.25, -0.2) is 4.98 Å². The van der Waals surface area contributed by atoms with Gasteiger partial charge in [-0.05, 0) is 58.0 Å². The van der Waals surface area contributed by atoms with Crippen molar-refractivity contribution in [3.8, 4) is 5.75 Å². The molecule has 3 heterocycles. The maximum Gasteiger partial charge on any atom is 0.257 e. The highest BCUT2D eigenvalue weighted by Gasteiger charge is 2.17. The number of aromatic nitrogens is 3. The summed E-state index contributed by atoms with van der Waals surface area (Å²) in [6.07, 6.45) is 3.91. The lowest BCUT2D eigenvalue weighted by molar-refractivity contribution is 0.102. The van der Waals surface area contributed by atoms with Crippen molar-refractivity contribution in [1.82, 2.24) is 14.0 Å². The van der Waals surface area contributed by atoms with Gasteiger partial charge in [0.1, 0.15) is 18.0 Å². The molecule has 1 aromatic carbocycles. The number of pyridine rings is 1. The molecule has 1 amide bonds. The van der Waals surface area contributed by atoms with Crippen molar-refractivity contribution in [3.63, 3.8) is 0 Å². The SMILES string of the molecule is Cc1cc(C(=O)Nc2cccc(OCc3cn4ccccc4n3)c2)c(C)n1C(C)C. The predicted molar refractivity (Wildman–Crippen MR) is 118 cm³/mol. The zero-order valence-corrected chi connectivity index (χ0v) is 17.7. The number of carbonyl (C=O) groups is 1. The zero-order valence-electron chi connectivity index (χ0n) is 17.7. The van der Waals surface area contributed by atoms with E-state index in [1.54, 1.807) is 0 Å². The number of imidazole rings is 1. The smallest absolute Gasteiger partial charge is 0.257 e. The molecular weight excluding hydrogens is 376 g/mol. The van der Waals surface area contributed by atoms with E-state index in [0.717, 1.165) is 22.7 Å². The molecule has 0 atom stereocenters. The zero-order chi connectivity index (χ0) is 21.3. The largest absolute Gasteiger partial charge is 0.487 e. The minimum absolute atomic E-state index is 0.118. The van der Waals surface area contributed by atoms with E-state index in [1.165, 1.54) is 0 Å². The number of benzene rings is 1. The van der Waals surface area contributed by atoms with Crippen molar-refractivity contribution in [2.45, 2.75) is 40.3 Å². The molecule has 154 valence electrons. The molecule has 1 N–H and O–H groups in total. The highest BCUT2D eigenvalue weighted by atomic mass is 16.5. The minimum atomic E-state index is -0.118. The number of nitrogens with zero attached hydrogens (tertiary/aromatic N) is 3. The third-order valence-electron chi connectivity index (χ3n) is 5.14. The Kier molecular flexibility index (Phi) is 5.31. The quantitative estimate of drug-likeness (QED) is 0.484. The Hall–Kier alpha value is -3.54. The van der Waals surface area contributed by atoms with Crippen LogP contribution in [-0.2, 0) is 6.61 Å². The number of carbonyl (C=O) groups excluding carboxylic acids is 1. The van der Waals surface area contributed by atoms with Crippen LogP contribution in [0.1, 0.15) is 47.3 Å². The summed E-state index contributed by atoms with van der Waals surface area (Å²) in [4.78, 5) is 17.4. The lowest BCUT2D eigenvalue weighted by atomic mass is 10.2. The molecule has 0 bridgehead atoms. The summed E-state index contributed by atoms with van der Waals surface area (Å²) in [6.45, 7) is 8.60. The van der Waals surface area contributed by atoms with E-state index in [-0.39, 0.29) is 5.91 Å². The first-order chi connectivity index (χ1) is 14.4. The summed E-state index contributed by atoms with van der Waals surface area (Å²) in [6, 6.07) is 15.5. The molecule has 0 fully saturated rings. The third-order valence-corrected chi connectivity index (χ3v) is 5.14. The summed E-state index contributed by atoms with van der Waals surface area (Å²) >= 11 is 0. The second kappa shape index (κ2) is 8.06. The Bertz CT molecular complexity index is 1170. The van der Waals surface area contributed by atoms with Gasteiger partial charge in [-0.3, -0.25) is 4.79 Å².